The molecule has 0 aliphatic carbocycles. The van der Waals surface area contributed by atoms with E-state index < -0.39 is 0 Å². The number of benzene rings is 6. The molecule has 7 aromatic rings. The largest absolute Gasteiger partial charge is 0.454 e. The summed E-state index contributed by atoms with van der Waals surface area (Å²) in [5.74, 6) is 0.801. The minimum Gasteiger partial charge on any atom is -0.454 e. The number of hydrogen-bond acceptors (Lipinski definition) is 3. The van der Waals surface area contributed by atoms with Gasteiger partial charge in [0.1, 0.15) is 11.3 Å². The SMILES string of the molecule is C/C=C(\C=C/CC)C(C)=Nc1c(/C(=C/CC)c2ccccc2)oc2cc(-c3ccc4c5ccccc5c5c(SC)cccc5c4c3)ccc12. The van der Waals surface area contributed by atoms with Crippen LogP contribution in [0.2, 0.25) is 0 Å². The summed E-state index contributed by atoms with van der Waals surface area (Å²) >= 11 is 1.81. The number of furan rings is 1. The number of rotatable bonds is 9. The van der Waals surface area contributed by atoms with Crippen molar-refractivity contribution >= 4 is 72.0 Å². The fourth-order valence-corrected chi connectivity index (χ4v) is 7.58. The van der Waals surface area contributed by atoms with Gasteiger partial charge in [-0.2, -0.15) is 0 Å². The number of fused-ring (bicyclic) bond motifs is 7. The first kappa shape index (κ1) is 32.4. The van der Waals surface area contributed by atoms with Gasteiger partial charge in [-0.1, -0.05) is 123 Å². The van der Waals surface area contributed by atoms with Crippen LogP contribution in [0.15, 0.2) is 153 Å². The number of aliphatic imine (C=N–C) groups is 1. The molecule has 1 aromatic heterocycles. The maximum absolute atomic E-state index is 6.86. The highest BCUT2D eigenvalue weighted by Gasteiger charge is 2.20. The van der Waals surface area contributed by atoms with Crippen molar-refractivity contribution in [3.05, 3.63) is 150 Å². The molecule has 0 fully saturated rings. The van der Waals surface area contributed by atoms with E-state index in [0.29, 0.717) is 0 Å². The number of nitrogens with zero attached hydrogens (tertiary/aromatic N) is 1. The number of allylic oxidation sites excluding steroid dienone is 5. The van der Waals surface area contributed by atoms with Gasteiger partial charge in [-0.3, -0.25) is 0 Å². The van der Waals surface area contributed by atoms with Gasteiger partial charge in [0.15, 0.2) is 5.76 Å². The zero-order valence-corrected chi connectivity index (χ0v) is 29.7. The predicted molar refractivity (Wildman–Crippen MR) is 216 cm³/mol. The van der Waals surface area contributed by atoms with Crippen molar-refractivity contribution in [3.8, 4) is 11.1 Å². The zero-order valence-electron chi connectivity index (χ0n) is 28.9. The third kappa shape index (κ3) is 6.04. The average molecular weight is 656 g/mol. The van der Waals surface area contributed by atoms with E-state index in [4.69, 9.17) is 9.41 Å². The molecule has 0 N–H and O–H groups in total. The molecule has 2 nitrogen and oxygen atoms in total. The summed E-state index contributed by atoms with van der Waals surface area (Å²) in [6.07, 6.45) is 12.7. The molecule has 0 saturated heterocycles. The molecule has 7 rings (SSSR count). The highest BCUT2D eigenvalue weighted by Crippen LogP contribution is 2.44. The van der Waals surface area contributed by atoms with Crippen molar-refractivity contribution in [2.45, 2.75) is 45.4 Å². The van der Waals surface area contributed by atoms with Crippen molar-refractivity contribution in [2.24, 2.45) is 4.99 Å². The molecule has 1 heterocycles. The fraction of sp³-hybridized carbons (Fsp3) is 0.152. The lowest BCUT2D eigenvalue weighted by molar-refractivity contribution is 0.601. The first-order valence-corrected chi connectivity index (χ1v) is 18.4. The van der Waals surface area contributed by atoms with Gasteiger partial charge in [0, 0.05) is 27.0 Å². The topological polar surface area (TPSA) is 25.5 Å². The second-order valence-corrected chi connectivity index (χ2v) is 13.2. The summed E-state index contributed by atoms with van der Waals surface area (Å²) in [5, 5.41) is 8.73. The second-order valence-electron chi connectivity index (χ2n) is 12.3. The summed E-state index contributed by atoms with van der Waals surface area (Å²) in [7, 11) is 0. The Labute approximate surface area is 293 Å². The molecule has 0 saturated carbocycles. The normalized spacial score (nSPS) is 13.1. The van der Waals surface area contributed by atoms with Gasteiger partial charge < -0.3 is 4.42 Å². The van der Waals surface area contributed by atoms with Gasteiger partial charge >= 0.3 is 0 Å². The molecular weight excluding hydrogens is 615 g/mol. The monoisotopic (exact) mass is 655 g/mol. The Morgan fingerprint density at radius 1 is 0.714 bits per heavy atom. The third-order valence-corrected chi connectivity index (χ3v) is 10.1. The molecule has 3 heteroatoms. The lowest BCUT2D eigenvalue weighted by Gasteiger charge is -2.14. The Bertz CT molecular complexity index is 2460. The van der Waals surface area contributed by atoms with Crippen LogP contribution in [-0.4, -0.2) is 12.0 Å². The van der Waals surface area contributed by atoms with E-state index in [0.717, 1.165) is 68.8 Å². The second kappa shape index (κ2) is 14.2. The minimum absolute atomic E-state index is 0.801. The van der Waals surface area contributed by atoms with Crippen LogP contribution in [-0.2, 0) is 0 Å². The van der Waals surface area contributed by atoms with Crippen molar-refractivity contribution in [3.63, 3.8) is 0 Å². The standard InChI is InChI=1S/C46H41NOS/c1-6-9-17-31(8-3)30(4)47-45-40-27-25-34(29-42(40)48-46(45)35(16-7-2)32-18-11-10-12-19-32)33-24-26-37-36-20-13-14-21-38(36)44-39(41(37)28-33)22-15-23-43(44)49-5/h8-29H,6-7H2,1-5H3/b17-9-,31-8+,35-16+,47-30?. The predicted octanol–water partition coefficient (Wildman–Crippen LogP) is 14.1. The Balaban J connectivity index is 1.44. The lowest BCUT2D eigenvalue weighted by Crippen LogP contribution is -1.95. The van der Waals surface area contributed by atoms with Gasteiger partial charge in [-0.25, -0.2) is 4.99 Å². The molecule has 0 aliphatic heterocycles. The molecule has 0 radical (unpaired) electrons. The Morgan fingerprint density at radius 3 is 2.12 bits per heavy atom. The summed E-state index contributed by atoms with van der Waals surface area (Å²) in [4.78, 5) is 6.58. The molecule has 49 heavy (non-hydrogen) atoms. The molecule has 0 spiro atoms. The first-order valence-electron chi connectivity index (χ1n) is 17.2. The zero-order chi connectivity index (χ0) is 33.9. The van der Waals surface area contributed by atoms with Gasteiger partial charge in [0.05, 0.1) is 0 Å². The maximum Gasteiger partial charge on any atom is 0.161 e. The molecule has 242 valence electrons. The van der Waals surface area contributed by atoms with Crippen LogP contribution in [0, 0.1) is 0 Å². The lowest BCUT2D eigenvalue weighted by atomic mass is 9.92. The van der Waals surface area contributed by atoms with Gasteiger partial charge in [-0.05, 0) is 106 Å². The van der Waals surface area contributed by atoms with Crippen LogP contribution in [0.25, 0.3) is 60.0 Å². The number of thioether (sulfide) groups is 1. The third-order valence-electron chi connectivity index (χ3n) is 9.32. The van der Waals surface area contributed by atoms with Crippen molar-refractivity contribution in [1.82, 2.24) is 0 Å². The van der Waals surface area contributed by atoms with E-state index in [1.165, 1.54) is 37.2 Å². The van der Waals surface area contributed by atoms with Crippen LogP contribution in [0.3, 0.4) is 0 Å². The minimum atomic E-state index is 0.801. The molecule has 0 unspecified atom stereocenters. The summed E-state index contributed by atoms with van der Waals surface area (Å²) < 4.78 is 6.86. The van der Waals surface area contributed by atoms with E-state index in [-0.39, 0.29) is 0 Å². The molecule has 0 aliphatic rings. The van der Waals surface area contributed by atoms with Crippen LogP contribution in [0.5, 0.6) is 0 Å². The van der Waals surface area contributed by atoms with Crippen LogP contribution in [0.4, 0.5) is 5.69 Å². The van der Waals surface area contributed by atoms with E-state index >= 15 is 0 Å². The summed E-state index contributed by atoms with van der Waals surface area (Å²) in [5.41, 5.74) is 8.23. The highest BCUT2D eigenvalue weighted by atomic mass is 32.2. The number of hydrogen-bond donors (Lipinski definition) is 0. The fourth-order valence-electron chi connectivity index (χ4n) is 6.94. The molecule has 6 aromatic carbocycles. The van der Waals surface area contributed by atoms with Crippen LogP contribution in [0.1, 0.15) is 51.9 Å². The molecule has 0 bridgehead atoms. The molecule has 0 atom stereocenters. The summed E-state index contributed by atoms with van der Waals surface area (Å²) in [6.45, 7) is 8.47. The van der Waals surface area contributed by atoms with Gasteiger partial charge in [-0.15, -0.1) is 11.8 Å². The summed E-state index contributed by atoms with van der Waals surface area (Å²) in [6, 6.07) is 39.5. The van der Waals surface area contributed by atoms with Gasteiger partial charge in [0.25, 0.3) is 0 Å². The van der Waals surface area contributed by atoms with Crippen LogP contribution >= 0.6 is 11.8 Å². The Hall–Kier alpha value is -5.12. The van der Waals surface area contributed by atoms with Crippen molar-refractivity contribution in [2.75, 3.05) is 6.26 Å². The Kier molecular flexibility index (Phi) is 9.37. The van der Waals surface area contributed by atoms with Crippen molar-refractivity contribution < 1.29 is 4.42 Å². The van der Waals surface area contributed by atoms with E-state index in [1.807, 2.05) is 11.8 Å². The van der Waals surface area contributed by atoms with Gasteiger partial charge in [0.2, 0.25) is 0 Å². The first-order chi connectivity index (χ1) is 24.1. The molecule has 0 amide bonds. The quantitative estimate of drug-likeness (QED) is 0.0669. The van der Waals surface area contributed by atoms with Crippen molar-refractivity contribution in [1.29, 1.82) is 0 Å². The van der Waals surface area contributed by atoms with E-state index in [9.17, 15) is 0 Å². The Morgan fingerprint density at radius 2 is 1.39 bits per heavy atom. The maximum atomic E-state index is 6.86. The smallest absolute Gasteiger partial charge is 0.161 e. The molecular formula is C46H41NOS. The van der Waals surface area contributed by atoms with E-state index in [1.54, 1.807) is 0 Å². The average Bonchev–Trinajstić information content (AvgIpc) is 3.50. The highest BCUT2D eigenvalue weighted by molar-refractivity contribution is 7.98. The van der Waals surface area contributed by atoms with Crippen LogP contribution < -0.4 is 0 Å². The van der Waals surface area contributed by atoms with E-state index in [2.05, 4.69) is 167 Å².